The Morgan fingerprint density at radius 2 is 1.86 bits per heavy atom. The number of benzene rings is 2. The number of carbonyl (C=O) groups excluding carboxylic acids is 1. The first-order chi connectivity index (χ1) is 10.3. The molecule has 0 aliphatic heterocycles. The van der Waals surface area contributed by atoms with E-state index in [1.165, 1.54) is 0 Å². The maximum Gasteiger partial charge on any atom is 0.251 e. The van der Waals surface area contributed by atoms with E-state index in [4.69, 9.17) is 9.47 Å². The van der Waals surface area contributed by atoms with Gasteiger partial charge >= 0.3 is 0 Å². The van der Waals surface area contributed by atoms with Gasteiger partial charge in [-0.1, -0.05) is 30.3 Å². The SMILES string of the molecule is COCCOc1cccc(CNC(=O)c2ccccc2)c1. The van der Waals surface area contributed by atoms with Gasteiger partial charge in [-0.3, -0.25) is 4.79 Å². The van der Waals surface area contributed by atoms with Crippen molar-refractivity contribution < 1.29 is 14.3 Å². The summed E-state index contributed by atoms with van der Waals surface area (Å²) in [4.78, 5) is 12.0. The number of rotatable bonds is 7. The highest BCUT2D eigenvalue weighted by atomic mass is 16.5. The minimum atomic E-state index is -0.0821. The zero-order valence-corrected chi connectivity index (χ0v) is 12.0. The standard InChI is InChI=1S/C17H19NO3/c1-20-10-11-21-16-9-5-6-14(12-16)13-18-17(19)15-7-3-2-4-8-15/h2-9,12H,10-11,13H2,1H3,(H,18,19). The minimum Gasteiger partial charge on any atom is -0.491 e. The van der Waals surface area contributed by atoms with Gasteiger partial charge in [-0.05, 0) is 29.8 Å². The number of amides is 1. The van der Waals surface area contributed by atoms with E-state index in [0.717, 1.165) is 11.3 Å². The molecule has 0 atom stereocenters. The molecule has 0 heterocycles. The van der Waals surface area contributed by atoms with E-state index in [0.29, 0.717) is 25.3 Å². The summed E-state index contributed by atoms with van der Waals surface area (Å²) in [5, 5.41) is 2.89. The molecule has 0 fully saturated rings. The fourth-order valence-electron chi connectivity index (χ4n) is 1.86. The molecular formula is C17H19NO3. The molecule has 0 saturated heterocycles. The molecule has 21 heavy (non-hydrogen) atoms. The van der Waals surface area contributed by atoms with Crippen LogP contribution in [0.2, 0.25) is 0 Å². The fourth-order valence-corrected chi connectivity index (χ4v) is 1.86. The maximum atomic E-state index is 12.0. The van der Waals surface area contributed by atoms with E-state index >= 15 is 0 Å². The van der Waals surface area contributed by atoms with Gasteiger partial charge in [-0.15, -0.1) is 0 Å². The fraction of sp³-hybridized carbons (Fsp3) is 0.235. The molecule has 2 aromatic carbocycles. The number of carbonyl (C=O) groups is 1. The summed E-state index contributed by atoms with van der Waals surface area (Å²) in [6.07, 6.45) is 0. The number of hydrogen-bond acceptors (Lipinski definition) is 3. The number of ether oxygens (including phenoxy) is 2. The van der Waals surface area contributed by atoms with Crippen LogP contribution >= 0.6 is 0 Å². The highest BCUT2D eigenvalue weighted by molar-refractivity contribution is 5.94. The summed E-state index contributed by atoms with van der Waals surface area (Å²) in [5.74, 6) is 0.694. The van der Waals surface area contributed by atoms with Crippen LogP contribution in [0.1, 0.15) is 15.9 Å². The highest BCUT2D eigenvalue weighted by Gasteiger charge is 2.04. The molecule has 0 radical (unpaired) electrons. The van der Waals surface area contributed by atoms with Gasteiger partial charge in [0.2, 0.25) is 0 Å². The number of nitrogens with one attached hydrogen (secondary N) is 1. The molecular weight excluding hydrogens is 266 g/mol. The second kappa shape index (κ2) is 8.07. The Kier molecular flexibility index (Phi) is 5.79. The lowest BCUT2D eigenvalue weighted by Crippen LogP contribution is -2.22. The summed E-state index contributed by atoms with van der Waals surface area (Å²) in [6, 6.07) is 16.8. The summed E-state index contributed by atoms with van der Waals surface area (Å²) in [6.45, 7) is 1.53. The Morgan fingerprint density at radius 1 is 1.05 bits per heavy atom. The van der Waals surface area contributed by atoms with Crippen LogP contribution in [0, 0.1) is 0 Å². The molecule has 2 rings (SSSR count). The molecule has 0 bridgehead atoms. The Hall–Kier alpha value is -2.33. The van der Waals surface area contributed by atoms with Crippen molar-refractivity contribution in [2.24, 2.45) is 0 Å². The van der Waals surface area contributed by atoms with Crippen molar-refractivity contribution in [2.45, 2.75) is 6.54 Å². The van der Waals surface area contributed by atoms with E-state index in [1.54, 1.807) is 19.2 Å². The van der Waals surface area contributed by atoms with Crippen LogP contribution in [0.5, 0.6) is 5.75 Å². The van der Waals surface area contributed by atoms with Crippen LogP contribution in [-0.2, 0) is 11.3 Å². The normalized spacial score (nSPS) is 10.1. The third-order valence-corrected chi connectivity index (χ3v) is 2.94. The van der Waals surface area contributed by atoms with Gasteiger partial charge in [0.1, 0.15) is 12.4 Å². The second-order valence-corrected chi connectivity index (χ2v) is 4.54. The topological polar surface area (TPSA) is 47.6 Å². The molecule has 2 aromatic rings. The van der Waals surface area contributed by atoms with Gasteiger partial charge in [0.25, 0.3) is 5.91 Å². The van der Waals surface area contributed by atoms with Crippen LogP contribution in [0.15, 0.2) is 54.6 Å². The van der Waals surface area contributed by atoms with Crippen molar-refractivity contribution in [2.75, 3.05) is 20.3 Å². The van der Waals surface area contributed by atoms with Gasteiger partial charge in [0.05, 0.1) is 6.61 Å². The summed E-state index contributed by atoms with van der Waals surface area (Å²) >= 11 is 0. The Morgan fingerprint density at radius 3 is 2.62 bits per heavy atom. The molecule has 0 aliphatic rings. The lowest BCUT2D eigenvalue weighted by molar-refractivity contribution is 0.0951. The smallest absolute Gasteiger partial charge is 0.251 e. The minimum absolute atomic E-state index is 0.0821. The van der Waals surface area contributed by atoms with Gasteiger partial charge in [-0.2, -0.15) is 0 Å². The first-order valence-corrected chi connectivity index (χ1v) is 6.83. The van der Waals surface area contributed by atoms with Crippen molar-refractivity contribution in [3.8, 4) is 5.75 Å². The highest BCUT2D eigenvalue weighted by Crippen LogP contribution is 2.13. The third-order valence-electron chi connectivity index (χ3n) is 2.94. The second-order valence-electron chi connectivity index (χ2n) is 4.54. The Balaban J connectivity index is 1.88. The van der Waals surface area contributed by atoms with Crippen LogP contribution in [0.4, 0.5) is 0 Å². The molecule has 0 spiro atoms. The van der Waals surface area contributed by atoms with Crippen molar-refractivity contribution in [3.05, 3.63) is 65.7 Å². The summed E-state index contributed by atoms with van der Waals surface area (Å²) < 4.78 is 10.5. The molecule has 4 nitrogen and oxygen atoms in total. The van der Waals surface area contributed by atoms with Gasteiger partial charge in [-0.25, -0.2) is 0 Å². The van der Waals surface area contributed by atoms with Gasteiger partial charge in [0, 0.05) is 19.2 Å². The summed E-state index contributed by atoms with van der Waals surface area (Å²) in [7, 11) is 1.64. The van der Waals surface area contributed by atoms with E-state index < -0.39 is 0 Å². The van der Waals surface area contributed by atoms with E-state index in [1.807, 2.05) is 42.5 Å². The molecule has 4 heteroatoms. The quantitative estimate of drug-likeness (QED) is 0.796. The molecule has 0 saturated carbocycles. The lowest BCUT2D eigenvalue weighted by atomic mass is 10.2. The first-order valence-electron chi connectivity index (χ1n) is 6.83. The average Bonchev–Trinajstić information content (AvgIpc) is 2.54. The van der Waals surface area contributed by atoms with E-state index in [2.05, 4.69) is 5.32 Å². The monoisotopic (exact) mass is 285 g/mol. The maximum absolute atomic E-state index is 12.0. The lowest BCUT2D eigenvalue weighted by Gasteiger charge is -2.09. The molecule has 0 unspecified atom stereocenters. The number of hydrogen-bond donors (Lipinski definition) is 1. The van der Waals surface area contributed by atoms with Crippen LogP contribution in [0.3, 0.4) is 0 Å². The third kappa shape index (κ3) is 4.93. The van der Waals surface area contributed by atoms with Gasteiger partial charge < -0.3 is 14.8 Å². The predicted octanol–water partition coefficient (Wildman–Crippen LogP) is 2.64. The van der Waals surface area contributed by atoms with E-state index in [9.17, 15) is 4.79 Å². The van der Waals surface area contributed by atoms with Crippen molar-refractivity contribution >= 4 is 5.91 Å². The Bertz CT molecular complexity index is 569. The molecule has 0 aliphatic carbocycles. The average molecular weight is 285 g/mol. The van der Waals surface area contributed by atoms with Crippen LogP contribution in [0.25, 0.3) is 0 Å². The Labute approximate surface area is 124 Å². The molecule has 1 N–H and O–H groups in total. The van der Waals surface area contributed by atoms with Crippen molar-refractivity contribution in [1.82, 2.24) is 5.32 Å². The largest absolute Gasteiger partial charge is 0.491 e. The van der Waals surface area contributed by atoms with Crippen molar-refractivity contribution in [1.29, 1.82) is 0 Å². The zero-order chi connectivity index (χ0) is 14.9. The predicted molar refractivity (Wildman–Crippen MR) is 81.4 cm³/mol. The molecule has 0 aromatic heterocycles. The van der Waals surface area contributed by atoms with Gasteiger partial charge in [0.15, 0.2) is 0 Å². The molecule has 110 valence electrons. The number of methoxy groups -OCH3 is 1. The van der Waals surface area contributed by atoms with Crippen molar-refractivity contribution in [3.63, 3.8) is 0 Å². The first kappa shape index (κ1) is 15.1. The summed E-state index contributed by atoms with van der Waals surface area (Å²) in [5.41, 5.74) is 1.65. The van der Waals surface area contributed by atoms with Crippen LogP contribution in [-0.4, -0.2) is 26.2 Å². The van der Waals surface area contributed by atoms with E-state index in [-0.39, 0.29) is 5.91 Å². The zero-order valence-electron chi connectivity index (χ0n) is 12.0. The van der Waals surface area contributed by atoms with Crippen LogP contribution < -0.4 is 10.1 Å². The molecule has 1 amide bonds.